The molecule has 0 aliphatic carbocycles. The average Bonchev–Trinajstić information content (AvgIpc) is 3.63. The van der Waals surface area contributed by atoms with E-state index >= 15 is 0 Å². The molecule has 0 spiro atoms. The Bertz CT molecular complexity index is 1570. The van der Waals surface area contributed by atoms with Crippen LogP contribution in [-0.2, 0) is 18.6 Å². The van der Waals surface area contributed by atoms with Crippen LogP contribution in [0.4, 0.5) is 0 Å². The van der Waals surface area contributed by atoms with Gasteiger partial charge in [-0.2, -0.15) is 0 Å². The van der Waals surface area contributed by atoms with Gasteiger partial charge in [-0.3, -0.25) is 9.69 Å². The highest BCUT2D eigenvalue weighted by atomic mass is 16.5. The maximum Gasteiger partial charge on any atom is 0.253 e. The molecule has 0 unspecified atom stereocenters. The molecule has 3 aromatic heterocycles. The summed E-state index contributed by atoms with van der Waals surface area (Å²) in [7, 11) is 0. The van der Waals surface area contributed by atoms with Gasteiger partial charge in [0.2, 0.25) is 0 Å². The Labute approximate surface area is 227 Å². The normalized spacial score (nSPS) is 12.7. The summed E-state index contributed by atoms with van der Waals surface area (Å²) in [5, 5.41) is 13.9. The molecule has 9 heteroatoms. The average molecular weight is 527 g/mol. The van der Waals surface area contributed by atoms with Gasteiger partial charge in [0, 0.05) is 23.0 Å². The van der Waals surface area contributed by atoms with E-state index in [9.17, 15) is 4.79 Å². The summed E-state index contributed by atoms with van der Waals surface area (Å²) < 4.78 is 13.4. The van der Waals surface area contributed by atoms with Gasteiger partial charge in [0.15, 0.2) is 5.82 Å². The van der Waals surface area contributed by atoms with E-state index in [1.807, 2.05) is 66.2 Å². The molecule has 0 saturated heterocycles. The smallest absolute Gasteiger partial charge is 0.253 e. The first-order valence-corrected chi connectivity index (χ1v) is 13.3. The molecular formula is C30H34N6O3. The van der Waals surface area contributed by atoms with Crippen molar-refractivity contribution in [2.75, 3.05) is 6.61 Å². The lowest BCUT2D eigenvalue weighted by Gasteiger charge is -2.33. The second-order valence-electron chi connectivity index (χ2n) is 10.2. The number of nitrogens with one attached hydrogen (secondary N) is 1. The SMILES string of the molecule is CCOc1ccc2[nH]c(=O)c([C@H](c3nnnn3C(C)(C)CC)N(Cc3ccccc3)Cc3ccco3)cc2c1. The van der Waals surface area contributed by atoms with E-state index in [1.165, 1.54) is 0 Å². The molecule has 0 aliphatic rings. The molecule has 3 heterocycles. The summed E-state index contributed by atoms with van der Waals surface area (Å²) >= 11 is 0. The number of aromatic nitrogens is 5. The van der Waals surface area contributed by atoms with Crippen LogP contribution in [0, 0.1) is 0 Å². The quantitative estimate of drug-likeness (QED) is 0.244. The number of hydrogen-bond donors (Lipinski definition) is 1. The fourth-order valence-electron chi connectivity index (χ4n) is 4.76. The van der Waals surface area contributed by atoms with Crippen molar-refractivity contribution in [2.45, 2.75) is 58.8 Å². The summed E-state index contributed by atoms with van der Waals surface area (Å²) in [6, 6.07) is 21.0. The zero-order chi connectivity index (χ0) is 27.4. The van der Waals surface area contributed by atoms with Gasteiger partial charge in [0.25, 0.3) is 5.56 Å². The third-order valence-corrected chi connectivity index (χ3v) is 7.16. The molecule has 5 rings (SSSR count). The Balaban J connectivity index is 1.72. The van der Waals surface area contributed by atoms with Crippen molar-refractivity contribution in [1.29, 1.82) is 0 Å². The predicted molar refractivity (Wildman–Crippen MR) is 149 cm³/mol. The number of hydrogen-bond acceptors (Lipinski definition) is 7. The van der Waals surface area contributed by atoms with E-state index in [4.69, 9.17) is 9.15 Å². The molecule has 0 radical (unpaired) electrons. The summed E-state index contributed by atoms with van der Waals surface area (Å²) in [5.41, 5.74) is 1.81. The largest absolute Gasteiger partial charge is 0.494 e. The molecule has 9 nitrogen and oxygen atoms in total. The maximum absolute atomic E-state index is 13.8. The number of pyridine rings is 1. The lowest BCUT2D eigenvalue weighted by atomic mass is 9.98. The van der Waals surface area contributed by atoms with Gasteiger partial charge in [-0.05, 0) is 79.6 Å². The first kappa shape index (κ1) is 26.4. The second kappa shape index (κ2) is 11.2. The van der Waals surface area contributed by atoms with Crippen molar-refractivity contribution in [3.05, 3.63) is 106 Å². The van der Waals surface area contributed by atoms with E-state index in [2.05, 4.69) is 58.3 Å². The Morgan fingerprint density at radius 1 is 1.05 bits per heavy atom. The van der Waals surface area contributed by atoms with Crippen molar-refractivity contribution in [3.8, 4) is 5.75 Å². The molecular weight excluding hydrogens is 492 g/mol. The first-order valence-electron chi connectivity index (χ1n) is 13.3. The fourth-order valence-corrected chi connectivity index (χ4v) is 4.76. The van der Waals surface area contributed by atoms with Crippen LogP contribution in [0.15, 0.2) is 82.2 Å². The van der Waals surface area contributed by atoms with E-state index in [0.29, 0.717) is 31.1 Å². The Kier molecular flexibility index (Phi) is 7.60. The molecule has 0 fully saturated rings. The van der Waals surface area contributed by atoms with Crippen LogP contribution in [0.5, 0.6) is 5.75 Å². The molecule has 39 heavy (non-hydrogen) atoms. The number of aromatic amines is 1. The van der Waals surface area contributed by atoms with E-state index in [-0.39, 0.29) is 11.1 Å². The molecule has 0 amide bonds. The number of H-pyrrole nitrogens is 1. The van der Waals surface area contributed by atoms with Crippen molar-refractivity contribution >= 4 is 10.9 Å². The van der Waals surface area contributed by atoms with Crippen LogP contribution in [0.25, 0.3) is 10.9 Å². The maximum atomic E-state index is 13.8. The number of rotatable bonds is 11. The Morgan fingerprint density at radius 3 is 2.59 bits per heavy atom. The Hall–Kier alpha value is -4.24. The number of furan rings is 1. The van der Waals surface area contributed by atoms with Gasteiger partial charge in [-0.25, -0.2) is 4.68 Å². The van der Waals surface area contributed by atoms with E-state index in [0.717, 1.165) is 34.4 Å². The highest BCUT2D eigenvalue weighted by Gasteiger charge is 2.35. The van der Waals surface area contributed by atoms with Crippen molar-refractivity contribution in [2.24, 2.45) is 0 Å². The van der Waals surface area contributed by atoms with Gasteiger partial charge in [0.1, 0.15) is 17.6 Å². The second-order valence-corrected chi connectivity index (χ2v) is 10.2. The minimum atomic E-state index is -0.569. The molecule has 202 valence electrons. The Morgan fingerprint density at radius 2 is 1.87 bits per heavy atom. The minimum absolute atomic E-state index is 0.196. The number of nitrogens with zero attached hydrogens (tertiary/aromatic N) is 5. The van der Waals surface area contributed by atoms with Crippen molar-refractivity contribution < 1.29 is 9.15 Å². The summed E-state index contributed by atoms with van der Waals surface area (Å²) in [4.78, 5) is 19.0. The number of ether oxygens (including phenoxy) is 1. The van der Waals surface area contributed by atoms with Gasteiger partial charge in [-0.15, -0.1) is 5.10 Å². The molecule has 5 aromatic rings. The van der Waals surface area contributed by atoms with E-state index < -0.39 is 6.04 Å². The molecule has 0 bridgehead atoms. The lowest BCUT2D eigenvalue weighted by molar-refractivity contribution is 0.168. The number of fused-ring (bicyclic) bond motifs is 1. The highest BCUT2D eigenvalue weighted by Crippen LogP contribution is 2.33. The van der Waals surface area contributed by atoms with Crippen LogP contribution in [0.3, 0.4) is 0 Å². The van der Waals surface area contributed by atoms with Crippen LogP contribution in [0.2, 0.25) is 0 Å². The summed E-state index contributed by atoms with van der Waals surface area (Å²) in [5.74, 6) is 2.11. The van der Waals surface area contributed by atoms with Crippen LogP contribution < -0.4 is 10.3 Å². The first-order chi connectivity index (χ1) is 18.9. The lowest BCUT2D eigenvalue weighted by Crippen LogP contribution is -2.38. The third-order valence-electron chi connectivity index (χ3n) is 7.16. The fraction of sp³-hybridized carbons (Fsp3) is 0.333. The molecule has 1 N–H and O–H groups in total. The minimum Gasteiger partial charge on any atom is -0.494 e. The van der Waals surface area contributed by atoms with Gasteiger partial charge in [0.05, 0.1) is 25.0 Å². The summed E-state index contributed by atoms with van der Waals surface area (Å²) in [6.07, 6.45) is 2.47. The van der Waals surface area contributed by atoms with Crippen LogP contribution in [-0.4, -0.2) is 36.7 Å². The zero-order valence-electron chi connectivity index (χ0n) is 22.8. The molecule has 0 saturated carbocycles. The molecule has 0 aliphatic heterocycles. The zero-order valence-corrected chi connectivity index (χ0v) is 22.8. The van der Waals surface area contributed by atoms with Crippen LogP contribution >= 0.6 is 0 Å². The van der Waals surface area contributed by atoms with Gasteiger partial charge in [-0.1, -0.05) is 37.3 Å². The number of tetrazole rings is 1. The molecule has 1 atom stereocenters. The van der Waals surface area contributed by atoms with Gasteiger partial charge >= 0.3 is 0 Å². The monoisotopic (exact) mass is 526 g/mol. The topological polar surface area (TPSA) is 102 Å². The van der Waals surface area contributed by atoms with Crippen molar-refractivity contribution in [3.63, 3.8) is 0 Å². The van der Waals surface area contributed by atoms with Crippen LogP contribution in [0.1, 0.15) is 62.9 Å². The van der Waals surface area contributed by atoms with Crippen molar-refractivity contribution in [1.82, 2.24) is 30.1 Å². The number of benzene rings is 2. The standard InChI is InChI=1S/C30H34N6O3/c1-5-30(3,4)36-28(32-33-34-36)27(25-18-22-17-23(38-6-2)14-15-26(22)31-29(25)37)35(20-24-13-10-16-39-24)19-21-11-8-7-9-12-21/h7-18,27H,5-6,19-20H2,1-4H3,(H,31,37)/t27-/m1/s1. The molecule has 2 aromatic carbocycles. The van der Waals surface area contributed by atoms with E-state index in [1.54, 1.807) is 6.26 Å². The highest BCUT2D eigenvalue weighted by molar-refractivity contribution is 5.80. The third kappa shape index (κ3) is 5.63. The predicted octanol–water partition coefficient (Wildman–Crippen LogP) is 5.44. The van der Waals surface area contributed by atoms with Gasteiger partial charge < -0.3 is 14.1 Å². The summed E-state index contributed by atoms with van der Waals surface area (Å²) in [6.45, 7) is 9.78.